The highest BCUT2D eigenvalue weighted by atomic mass is 16.5. The highest BCUT2D eigenvalue weighted by molar-refractivity contribution is 5.34. The molecule has 0 saturated carbocycles. The second-order valence-corrected chi connectivity index (χ2v) is 4.92. The highest BCUT2D eigenvalue weighted by Gasteiger charge is 2.07. The minimum atomic E-state index is 0.197. The van der Waals surface area contributed by atoms with E-state index in [4.69, 9.17) is 10.5 Å². The molecule has 0 amide bonds. The number of ether oxygens (including phenoxy) is 1. The summed E-state index contributed by atoms with van der Waals surface area (Å²) in [5, 5.41) is 0. The molecule has 2 rings (SSSR count). The van der Waals surface area contributed by atoms with Crippen LogP contribution >= 0.6 is 0 Å². The van der Waals surface area contributed by atoms with Crippen molar-refractivity contribution in [2.24, 2.45) is 0 Å². The molecule has 0 unspecified atom stereocenters. The van der Waals surface area contributed by atoms with Crippen LogP contribution in [0.3, 0.4) is 0 Å². The summed E-state index contributed by atoms with van der Waals surface area (Å²) in [6.45, 7) is 4.33. The van der Waals surface area contributed by atoms with Crippen molar-refractivity contribution in [3.8, 4) is 5.75 Å². The smallest absolute Gasteiger partial charge is 0.230 e. The average Bonchev–Trinajstić information content (AvgIpc) is 2.34. The van der Waals surface area contributed by atoms with Gasteiger partial charge < -0.3 is 15.4 Å². The van der Waals surface area contributed by atoms with Crippen molar-refractivity contribution < 1.29 is 4.74 Å². The van der Waals surface area contributed by atoms with Crippen molar-refractivity contribution in [1.82, 2.24) is 15.0 Å². The Morgan fingerprint density at radius 3 is 2.30 bits per heavy atom. The lowest BCUT2D eigenvalue weighted by atomic mass is 10.1. The third kappa shape index (κ3) is 3.57. The van der Waals surface area contributed by atoms with Gasteiger partial charge in [-0.2, -0.15) is 15.0 Å². The molecule has 1 aromatic carbocycles. The number of nitrogen functional groups attached to an aromatic ring is 1. The van der Waals surface area contributed by atoms with Crippen molar-refractivity contribution in [2.75, 3.05) is 24.7 Å². The average molecular weight is 273 g/mol. The lowest BCUT2D eigenvalue weighted by molar-refractivity contribution is 0.295. The Morgan fingerprint density at radius 2 is 1.70 bits per heavy atom. The summed E-state index contributed by atoms with van der Waals surface area (Å²) in [6.07, 6.45) is 0. The molecule has 0 bridgehead atoms. The van der Waals surface area contributed by atoms with Gasteiger partial charge in [-0.25, -0.2) is 0 Å². The van der Waals surface area contributed by atoms with Crippen molar-refractivity contribution in [2.45, 2.75) is 20.5 Å². The molecule has 6 heteroatoms. The monoisotopic (exact) mass is 273 g/mol. The largest absolute Gasteiger partial charge is 0.486 e. The number of rotatable bonds is 4. The van der Waals surface area contributed by atoms with Crippen LogP contribution in [0.2, 0.25) is 0 Å². The Hall–Kier alpha value is -2.37. The van der Waals surface area contributed by atoms with Gasteiger partial charge in [0.2, 0.25) is 11.9 Å². The molecule has 1 heterocycles. The number of aromatic nitrogens is 3. The van der Waals surface area contributed by atoms with E-state index in [-0.39, 0.29) is 12.6 Å². The third-order valence-electron chi connectivity index (χ3n) is 2.65. The molecular formula is C14H19N5O. The molecule has 0 aliphatic heterocycles. The molecule has 20 heavy (non-hydrogen) atoms. The van der Waals surface area contributed by atoms with E-state index in [1.807, 2.05) is 40.1 Å². The second kappa shape index (κ2) is 5.73. The first kappa shape index (κ1) is 14.0. The lowest BCUT2D eigenvalue weighted by Crippen LogP contribution is -2.16. The van der Waals surface area contributed by atoms with Crippen LogP contribution in [0.1, 0.15) is 17.0 Å². The topological polar surface area (TPSA) is 77.2 Å². The minimum absolute atomic E-state index is 0.197. The Balaban J connectivity index is 2.14. The van der Waals surface area contributed by atoms with E-state index in [0.717, 1.165) is 16.9 Å². The third-order valence-corrected chi connectivity index (χ3v) is 2.65. The molecule has 0 fully saturated rings. The SMILES string of the molecule is Cc1cc(C)cc(OCc2nc(N)nc(N(C)C)n2)c1. The van der Waals surface area contributed by atoms with Gasteiger partial charge >= 0.3 is 0 Å². The summed E-state index contributed by atoms with van der Waals surface area (Å²) in [5.74, 6) is 2.03. The van der Waals surface area contributed by atoms with Gasteiger partial charge in [0.25, 0.3) is 0 Å². The number of hydrogen-bond acceptors (Lipinski definition) is 6. The van der Waals surface area contributed by atoms with Crippen molar-refractivity contribution in [1.29, 1.82) is 0 Å². The van der Waals surface area contributed by atoms with Gasteiger partial charge in [-0.15, -0.1) is 0 Å². The van der Waals surface area contributed by atoms with Gasteiger partial charge in [-0.1, -0.05) is 6.07 Å². The molecule has 1 aromatic heterocycles. The molecular weight excluding hydrogens is 254 g/mol. The zero-order valence-corrected chi connectivity index (χ0v) is 12.2. The molecule has 0 aliphatic rings. The number of nitrogens with zero attached hydrogens (tertiary/aromatic N) is 4. The van der Waals surface area contributed by atoms with Crippen LogP contribution < -0.4 is 15.4 Å². The van der Waals surface area contributed by atoms with Crippen LogP contribution in [0.4, 0.5) is 11.9 Å². The van der Waals surface area contributed by atoms with Crippen LogP contribution in [-0.2, 0) is 6.61 Å². The first-order valence-corrected chi connectivity index (χ1v) is 6.33. The quantitative estimate of drug-likeness (QED) is 0.914. The van der Waals surface area contributed by atoms with E-state index >= 15 is 0 Å². The van der Waals surface area contributed by atoms with Gasteiger partial charge in [0.05, 0.1) is 0 Å². The molecule has 6 nitrogen and oxygen atoms in total. The maximum atomic E-state index is 5.72. The molecule has 0 radical (unpaired) electrons. The van der Waals surface area contributed by atoms with Crippen LogP contribution in [0, 0.1) is 13.8 Å². The molecule has 106 valence electrons. The van der Waals surface area contributed by atoms with E-state index in [1.165, 1.54) is 0 Å². The van der Waals surface area contributed by atoms with E-state index in [1.54, 1.807) is 4.90 Å². The summed E-state index contributed by atoms with van der Waals surface area (Å²) in [4.78, 5) is 14.2. The molecule has 0 atom stereocenters. The van der Waals surface area contributed by atoms with Crippen LogP contribution in [0.15, 0.2) is 18.2 Å². The fraction of sp³-hybridized carbons (Fsp3) is 0.357. The van der Waals surface area contributed by atoms with Gasteiger partial charge in [-0.3, -0.25) is 0 Å². The Bertz CT molecular complexity index is 592. The number of hydrogen-bond donors (Lipinski definition) is 1. The highest BCUT2D eigenvalue weighted by Crippen LogP contribution is 2.17. The van der Waals surface area contributed by atoms with Crippen molar-refractivity contribution in [3.05, 3.63) is 35.2 Å². The molecule has 0 saturated heterocycles. The van der Waals surface area contributed by atoms with Gasteiger partial charge in [0.1, 0.15) is 12.4 Å². The van der Waals surface area contributed by atoms with Crippen molar-refractivity contribution >= 4 is 11.9 Å². The first-order valence-electron chi connectivity index (χ1n) is 6.33. The lowest BCUT2D eigenvalue weighted by Gasteiger charge is -2.12. The van der Waals surface area contributed by atoms with Crippen molar-refractivity contribution in [3.63, 3.8) is 0 Å². The van der Waals surface area contributed by atoms with Gasteiger partial charge in [0.15, 0.2) is 5.82 Å². The summed E-state index contributed by atoms with van der Waals surface area (Å²) < 4.78 is 5.72. The summed E-state index contributed by atoms with van der Waals surface area (Å²) in [6, 6.07) is 6.05. The van der Waals surface area contributed by atoms with Gasteiger partial charge in [-0.05, 0) is 37.1 Å². The molecule has 2 aromatic rings. The van der Waals surface area contributed by atoms with E-state index < -0.39 is 0 Å². The minimum Gasteiger partial charge on any atom is -0.486 e. The number of anilines is 2. The molecule has 0 aliphatic carbocycles. The number of benzene rings is 1. The summed E-state index contributed by atoms with van der Waals surface area (Å²) in [5.41, 5.74) is 7.98. The van der Waals surface area contributed by atoms with Crippen LogP contribution in [-0.4, -0.2) is 29.0 Å². The Kier molecular flexibility index (Phi) is 4.02. The summed E-state index contributed by atoms with van der Waals surface area (Å²) in [7, 11) is 3.70. The zero-order chi connectivity index (χ0) is 14.7. The Labute approximate surface area is 118 Å². The van der Waals surface area contributed by atoms with E-state index in [9.17, 15) is 0 Å². The number of nitrogens with two attached hydrogens (primary N) is 1. The maximum absolute atomic E-state index is 5.72. The Morgan fingerprint density at radius 1 is 1.05 bits per heavy atom. The number of aryl methyl sites for hydroxylation is 2. The van der Waals surface area contributed by atoms with E-state index in [2.05, 4.69) is 21.0 Å². The second-order valence-electron chi connectivity index (χ2n) is 4.92. The molecule has 0 spiro atoms. The maximum Gasteiger partial charge on any atom is 0.230 e. The fourth-order valence-electron chi connectivity index (χ4n) is 1.85. The van der Waals surface area contributed by atoms with Gasteiger partial charge in [0, 0.05) is 14.1 Å². The first-order chi connectivity index (χ1) is 9.44. The standard InChI is InChI=1S/C14H19N5O/c1-9-5-10(2)7-11(6-9)20-8-12-16-13(15)18-14(17-12)19(3)4/h5-7H,8H2,1-4H3,(H2,15,16,17,18). The molecule has 2 N–H and O–H groups in total. The predicted molar refractivity (Wildman–Crippen MR) is 78.8 cm³/mol. The normalized spacial score (nSPS) is 10.4. The predicted octanol–water partition coefficient (Wildman–Crippen LogP) is 1.72. The van der Waals surface area contributed by atoms with E-state index in [0.29, 0.717) is 11.8 Å². The summed E-state index contributed by atoms with van der Waals surface area (Å²) >= 11 is 0. The van der Waals surface area contributed by atoms with Crippen LogP contribution in [0.25, 0.3) is 0 Å². The fourth-order valence-corrected chi connectivity index (χ4v) is 1.85. The van der Waals surface area contributed by atoms with Crippen LogP contribution in [0.5, 0.6) is 5.75 Å². The zero-order valence-electron chi connectivity index (χ0n) is 12.2.